The van der Waals surface area contributed by atoms with Crippen LogP contribution in [0.2, 0.25) is 0 Å². The lowest BCUT2D eigenvalue weighted by molar-refractivity contribution is 0.0770. The fourth-order valence-corrected chi connectivity index (χ4v) is 3.52. The first-order chi connectivity index (χ1) is 7.60. The lowest BCUT2D eigenvalue weighted by atomic mass is 10.3. The third kappa shape index (κ3) is 3.82. The highest BCUT2D eigenvalue weighted by Crippen LogP contribution is 2.32. The summed E-state index contributed by atoms with van der Waals surface area (Å²) in [6.45, 7) is 3.55. The molecule has 0 fully saturated rings. The highest BCUT2D eigenvalue weighted by atomic mass is 79.9. The van der Waals surface area contributed by atoms with Crippen molar-refractivity contribution in [1.82, 2.24) is 4.90 Å². The van der Waals surface area contributed by atoms with Gasteiger partial charge in [-0.1, -0.05) is 15.9 Å². The van der Waals surface area contributed by atoms with Gasteiger partial charge in [-0.25, -0.2) is 0 Å². The van der Waals surface area contributed by atoms with Crippen LogP contribution >= 0.6 is 59.1 Å². The van der Waals surface area contributed by atoms with Crippen LogP contribution in [0.4, 0.5) is 0 Å². The van der Waals surface area contributed by atoms with Gasteiger partial charge < -0.3 is 4.90 Å². The lowest BCUT2D eigenvalue weighted by Crippen LogP contribution is -2.31. The number of hydrogen-bond donors (Lipinski definition) is 0. The van der Waals surface area contributed by atoms with E-state index in [1.54, 1.807) is 0 Å². The van der Waals surface area contributed by atoms with E-state index in [0.717, 1.165) is 38.0 Å². The van der Waals surface area contributed by atoms with E-state index in [0.29, 0.717) is 0 Å². The summed E-state index contributed by atoms with van der Waals surface area (Å²) in [4.78, 5) is 14.8. The minimum absolute atomic E-state index is 0.111. The molecule has 0 aliphatic carbocycles. The number of halogens is 3. The Kier molecular flexibility index (Phi) is 6.54. The molecule has 1 amide bonds. The highest BCUT2D eigenvalue weighted by Gasteiger charge is 2.17. The zero-order valence-corrected chi connectivity index (χ0v) is 14.4. The Morgan fingerprint density at radius 3 is 2.62 bits per heavy atom. The summed E-state index contributed by atoms with van der Waals surface area (Å²) < 4.78 is 1.91. The number of alkyl halides is 1. The second kappa shape index (κ2) is 7.13. The molecule has 1 heterocycles. The summed E-state index contributed by atoms with van der Waals surface area (Å²) in [5.74, 6) is 0.111. The largest absolute Gasteiger partial charge is 0.338 e. The van der Waals surface area contributed by atoms with Gasteiger partial charge in [0.2, 0.25) is 0 Å². The van der Waals surface area contributed by atoms with Crippen molar-refractivity contribution >= 4 is 65.0 Å². The molecule has 0 bridgehead atoms. The molecule has 0 aliphatic heterocycles. The van der Waals surface area contributed by atoms with E-state index in [1.165, 1.54) is 11.3 Å². The van der Waals surface area contributed by atoms with Crippen LogP contribution in [0, 0.1) is 0 Å². The van der Waals surface area contributed by atoms with Crippen molar-refractivity contribution in [3.8, 4) is 0 Å². The van der Waals surface area contributed by atoms with Gasteiger partial charge >= 0.3 is 0 Å². The molecule has 1 aromatic heterocycles. The van der Waals surface area contributed by atoms with Crippen molar-refractivity contribution in [2.24, 2.45) is 0 Å². The molecule has 0 saturated heterocycles. The van der Waals surface area contributed by atoms with Crippen LogP contribution in [-0.4, -0.2) is 29.2 Å². The number of thiophene rings is 1. The smallest absolute Gasteiger partial charge is 0.263 e. The van der Waals surface area contributed by atoms with Gasteiger partial charge in [-0.3, -0.25) is 4.79 Å². The first-order valence-electron chi connectivity index (χ1n) is 4.90. The van der Waals surface area contributed by atoms with Crippen molar-refractivity contribution in [3.63, 3.8) is 0 Å². The predicted octanol–water partition coefficient (Wildman–Crippen LogP) is 4.52. The monoisotopic (exact) mass is 431 g/mol. The van der Waals surface area contributed by atoms with E-state index < -0.39 is 0 Å². The minimum Gasteiger partial charge on any atom is -0.338 e. The number of hydrogen-bond acceptors (Lipinski definition) is 2. The maximum Gasteiger partial charge on any atom is 0.263 e. The quantitative estimate of drug-likeness (QED) is 0.625. The number of rotatable bonds is 5. The molecular formula is C10H12Br3NOS. The molecule has 90 valence electrons. The van der Waals surface area contributed by atoms with Gasteiger partial charge in [-0.2, -0.15) is 0 Å². The lowest BCUT2D eigenvalue weighted by Gasteiger charge is -2.19. The average Bonchev–Trinajstić information content (AvgIpc) is 2.60. The molecule has 0 unspecified atom stereocenters. The van der Waals surface area contributed by atoms with Crippen LogP contribution in [0.15, 0.2) is 14.3 Å². The van der Waals surface area contributed by atoms with Crippen LogP contribution in [0.1, 0.15) is 23.0 Å². The minimum atomic E-state index is 0.111. The predicted molar refractivity (Wildman–Crippen MR) is 79.7 cm³/mol. The second-order valence-corrected chi connectivity index (χ2v) is 7.18. The SMILES string of the molecule is CCN(CCCBr)C(=O)c1cc(Br)c(Br)s1. The zero-order valence-electron chi connectivity index (χ0n) is 8.80. The summed E-state index contributed by atoms with van der Waals surface area (Å²) in [7, 11) is 0. The fraction of sp³-hybridized carbons (Fsp3) is 0.500. The van der Waals surface area contributed by atoms with E-state index in [-0.39, 0.29) is 5.91 Å². The molecule has 1 aromatic rings. The van der Waals surface area contributed by atoms with Crippen LogP contribution < -0.4 is 0 Å². The molecule has 16 heavy (non-hydrogen) atoms. The number of nitrogens with zero attached hydrogens (tertiary/aromatic N) is 1. The van der Waals surface area contributed by atoms with Gasteiger partial charge in [0, 0.05) is 22.9 Å². The Balaban J connectivity index is 2.74. The standard InChI is InChI=1S/C10H12Br3NOS/c1-2-14(5-3-4-11)10(15)8-6-7(12)9(13)16-8/h6H,2-5H2,1H3. The van der Waals surface area contributed by atoms with Crippen LogP contribution in [0.3, 0.4) is 0 Å². The molecule has 0 radical (unpaired) electrons. The second-order valence-electron chi connectivity index (χ2n) is 3.16. The van der Waals surface area contributed by atoms with Gasteiger partial charge in [-0.05, 0) is 51.3 Å². The van der Waals surface area contributed by atoms with Crippen LogP contribution in [0.25, 0.3) is 0 Å². The van der Waals surface area contributed by atoms with Gasteiger partial charge in [0.1, 0.15) is 0 Å². The van der Waals surface area contributed by atoms with E-state index in [4.69, 9.17) is 0 Å². The van der Waals surface area contributed by atoms with Crippen molar-refractivity contribution < 1.29 is 4.79 Å². The zero-order chi connectivity index (χ0) is 12.1. The Hall–Kier alpha value is 0.610. The molecule has 2 nitrogen and oxygen atoms in total. The summed E-state index contributed by atoms with van der Waals surface area (Å²) >= 11 is 11.6. The molecule has 0 spiro atoms. The first-order valence-corrected chi connectivity index (χ1v) is 8.42. The summed E-state index contributed by atoms with van der Waals surface area (Å²) in [6, 6.07) is 1.87. The van der Waals surface area contributed by atoms with Crippen molar-refractivity contribution in [2.75, 3.05) is 18.4 Å². The topological polar surface area (TPSA) is 20.3 Å². The summed E-state index contributed by atoms with van der Waals surface area (Å²) in [5, 5.41) is 0.925. The highest BCUT2D eigenvalue weighted by molar-refractivity contribution is 9.13. The Morgan fingerprint density at radius 1 is 1.50 bits per heavy atom. The van der Waals surface area contributed by atoms with Crippen LogP contribution in [-0.2, 0) is 0 Å². The van der Waals surface area contributed by atoms with E-state index in [9.17, 15) is 4.79 Å². The number of amides is 1. The Bertz CT molecular complexity index is 347. The molecule has 0 aliphatic rings. The van der Waals surface area contributed by atoms with Gasteiger partial charge in [0.15, 0.2) is 0 Å². The van der Waals surface area contributed by atoms with E-state index in [2.05, 4.69) is 47.8 Å². The van der Waals surface area contributed by atoms with Crippen molar-refractivity contribution in [3.05, 3.63) is 19.2 Å². The van der Waals surface area contributed by atoms with Gasteiger partial charge in [-0.15, -0.1) is 11.3 Å². The molecular weight excluding hydrogens is 422 g/mol. The van der Waals surface area contributed by atoms with Gasteiger partial charge in [0.05, 0.1) is 8.66 Å². The summed E-state index contributed by atoms with van der Waals surface area (Å²) in [6.07, 6.45) is 0.979. The third-order valence-corrected chi connectivity index (χ3v) is 5.89. The Labute approximate surface area is 125 Å². The van der Waals surface area contributed by atoms with Crippen molar-refractivity contribution in [1.29, 1.82) is 0 Å². The van der Waals surface area contributed by atoms with E-state index in [1.807, 2.05) is 17.9 Å². The van der Waals surface area contributed by atoms with E-state index >= 15 is 0 Å². The molecule has 6 heteroatoms. The fourth-order valence-electron chi connectivity index (χ4n) is 1.26. The first kappa shape index (κ1) is 14.7. The molecule has 0 atom stereocenters. The van der Waals surface area contributed by atoms with Crippen LogP contribution in [0.5, 0.6) is 0 Å². The summed E-state index contributed by atoms with van der Waals surface area (Å²) in [5.41, 5.74) is 0. The molecule has 0 aromatic carbocycles. The number of carbonyl (C=O) groups is 1. The molecule has 0 saturated carbocycles. The van der Waals surface area contributed by atoms with Crippen molar-refractivity contribution in [2.45, 2.75) is 13.3 Å². The molecule has 0 N–H and O–H groups in total. The maximum absolute atomic E-state index is 12.1. The van der Waals surface area contributed by atoms with Gasteiger partial charge in [0.25, 0.3) is 5.91 Å². The maximum atomic E-state index is 12.1. The normalized spacial score (nSPS) is 10.5. The third-order valence-electron chi connectivity index (χ3n) is 2.09. The number of carbonyl (C=O) groups excluding carboxylic acids is 1. The molecule has 1 rings (SSSR count). The Morgan fingerprint density at radius 2 is 2.19 bits per heavy atom. The average molecular weight is 434 g/mol.